The molecule has 0 aliphatic carbocycles. The number of rotatable bonds is 2. The monoisotopic (exact) mass is 302 g/mol. The van der Waals surface area contributed by atoms with Crippen molar-refractivity contribution in [2.24, 2.45) is 4.99 Å². The third kappa shape index (κ3) is 2.77. The molecule has 3 rings (SSSR count). The summed E-state index contributed by atoms with van der Waals surface area (Å²) >= 11 is 0. The van der Waals surface area contributed by atoms with Gasteiger partial charge < -0.3 is 4.42 Å². The number of carbonyl (C=O) groups is 1. The van der Waals surface area contributed by atoms with Crippen LogP contribution in [-0.2, 0) is 4.79 Å². The molecule has 1 aromatic carbocycles. The van der Waals surface area contributed by atoms with E-state index >= 15 is 0 Å². The minimum Gasteiger partial charge on any atom is -0.457 e. The van der Waals surface area contributed by atoms with Crippen molar-refractivity contribution in [1.29, 1.82) is 5.26 Å². The van der Waals surface area contributed by atoms with Gasteiger partial charge in [-0.25, -0.2) is 4.99 Å². The van der Waals surface area contributed by atoms with E-state index in [0.717, 1.165) is 11.3 Å². The van der Waals surface area contributed by atoms with Crippen LogP contribution in [0.3, 0.4) is 0 Å². The van der Waals surface area contributed by atoms with Gasteiger partial charge in [-0.3, -0.25) is 4.79 Å². The molecule has 0 fully saturated rings. The summed E-state index contributed by atoms with van der Waals surface area (Å²) in [6.07, 6.45) is 1.64. The Kier molecular flexibility index (Phi) is 3.78. The maximum atomic E-state index is 12.1. The van der Waals surface area contributed by atoms with Crippen molar-refractivity contribution >= 4 is 17.7 Å². The van der Waals surface area contributed by atoms with Gasteiger partial charge in [-0.15, -0.1) is 0 Å². The second-order valence-corrected chi connectivity index (χ2v) is 5.24. The van der Waals surface area contributed by atoms with Gasteiger partial charge in [-0.05, 0) is 37.6 Å². The van der Waals surface area contributed by atoms with Gasteiger partial charge >= 0.3 is 0 Å². The zero-order valence-corrected chi connectivity index (χ0v) is 12.8. The van der Waals surface area contributed by atoms with E-state index < -0.39 is 0 Å². The minimum absolute atomic E-state index is 0.350. The minimum atomic E-state index is -0.350. The van der Waals surface area contributed by atoms with Crippen molar-refractivity contribution in [3.8, 4) is 17.4 Å². The van der Waals surface area contributed by atoms with Gasteiger partial charge in [-0.2, -0.15) is 5.26 Å². The Morgan fingerprint density at radius 1 is 1.13 bits per heavy atom. The molecule has 1 amide bonds. The van der Waals surface area contributed by atoms with Crippen molar-refractivity contribution in [2.75, 3.05) is 0 Å². The molecule has 112 valence electrons. The van der Waals surface area contributed by atoms with Gasteiger partial charge in [0, 0.05) is 11.1 Å². The summed E-state index contributed by atoms with van der Waals surface area (Å²) in [6, 6.07) is 15.5. The summed E-state index contributed by atoms with van der Waals surface area (Å²) in [6.45, 7) is 3.42. The van der Waals surface area contributed by atoms with Gasteiger partial charge in [0.25, 0.3) is 5.91 Å². The Labute approximate surface area is 134 Å². The Hall–Kier alpha value is -3.19. The largest absolute Gasteiger partial charge is 0.457 e. The molecule has 1 aromatic heterocycles. The van der Waals surface area contributed by atoms with Crippen molar-refractivity contribution < 1.29 is 9.21 Å². The van der Waals surface area contributed by atoms with E-state index in [4.69, 9.17) is 4.42 Å². The van der Waals surface area contributed by atoms with E-state index in [-0.39, 0.29) is 5.91 Å². The van der Waals surface area contributed by atoms with Gasteiger partial charge in [0.05, 0.1) is 11.3 Å². The number of hydrogen-bond donors (Lipinski definition) is 0. The fourth-order valence-corrected chi connectivity index (χ4v) is 2.50. The lowest BCUT2D eigenvalue weighted by atomic mass is 9.95. The van der Waals surface area contributed by atoms with Crippen LogP contribution in [0.4, 0.5) is 0 Å². The van der Waals surface area contributed by atoms with E-state index in [9.17, 15) is 10.1 Å². The molecule has 1 aliphatic heterocycles. The van der Waals surface area contributed by atoms with Crippen LogP contribution < -0.4 is 0 Å². The van der Waals surface area contributed by atoms with Crippen LogP contribution in [0.1, 0.15) is 19.6 Å². The average molecular weight is 302 g/mol. The summed E-state index contributed by atoms with van der Waals surface area (Å²) < 4.78 is 5.78. The SMILES string of the molecule is CC1=NC(=O)/C(=C\c2ccc(-c3ccccc3)o2)C(C)=C1C#N. The van der Waals surface area contributed by atoms with Gasteiger partial charge in [-0.1, -0.05) is 30.3 Å². The number of carbonyl (C=O) groups excluding carboxylic acids is 1. The second kappa shape index (κ2) is 5.90. The first kappa shape index (κ1) is 14.7. The molecular formula is C19H14N2O2. The maximum Gasteiger partial charge on any atom is 0.277 e. The highest BCUT2D eigenvalue weighted by Gasteiger charge is 2.22. The number of hydrogen-bond acceptors (Lipinski definition) is 3. The summed E-state index contributed by atoms with van der Waals surface area (Å²) in [5, 5.41) is 9.20. The van der Waals surface area contributed by atoms with Crippen LogP contribution in [0.15, 0.2) is 68.6 Å². The van der Waals surface area contributed by atoms with Crippen LogP contribution >= 0.6 is 0 Å². The first-order valence-corrected chi connectivity index (χ1v) is 7.18. The topological polar surface area (TPSA) is 66.4 Å². The number of benzene rings is 1. The molecule has 0 N–H and O–H groups in total. The molecule has 0 saturated heterocycles. The molecule has 0 saturated carbocycles. The highest BCUT2D eigenvalue weighted by Crippen LogP contribution is 2.27. The lowest BCUT2D eigenvalue weighted by molar-refractivity contribution is -0.114. The average Bonchev–Trinajstić information content (AvgIpc) is 3.01. The number of dihydropyridines is 1. The van der Waals surface area contributed by atoms with Crippen LogP contribution in [0.2, 0.25) is 0 Å². The van der Waals surface area contributed by atoms with Crippen molar-refractivity contribution in [3.05, 3.63) is 64.9 Å². The van der Waals surface area contributed by atoms with Crippen LogP contribution in [0, 0.1) is 11.3 Å². The van der Waals surface area contributed by atoms with Crippen LogP contribution in [-0.4, -0.2) is 11.6 Å². The quantitative estimate of drug-likeness (QED) is 0.782. The van der Waals surface area contributed by atoms with E-state index in [0.29, 0.717) is 28.2 Å². The highest BCUT2D eigenvalue weighted by molar-refractivity contribution is 6.18. The first-order chi connectivity index (χ1) is 11.1. The molecule has 0 unspecified atom stereocenters. The van der Waals surface area contributed by atoms with E-state index in [2.05, 4.69) is 11.1 Å². The summed E-state index contributed by atoms with van der Waals surface area (Å²) in [4.78, 5) is 16.0. The molecule has 1 aliphatic rings. The molecule has 0 atom stereocenters. The second-order valence-electron chi connectivity index (χ2n) is 5.24. The smallest absolute Gasteiger partial charge is 0.277 e. The molecule has 4 heteroatoms. The van der Waals surface area contributed by atoms with E-state index in [1.54, 1.807) is 26.0 Å². The predicted molar refractivity (Wildman–Crippen MR) is 88.6 cm³/mol. The Bertz CT molecular complexity index is 906. The van der Waals surface area contributed by atoms with E-state index in [1.165, 1.54) is 0 Å². The molecule has 23 heavy (non-hydrogen) atoms. The molecule has 4 nitrogen and oxygen atoms in total. The standard InChI is InChI=1S/C19H14N2O2/c1-12-16(19(22)21-13(2)17(12)11-20)10-15-8-9-18(23-15)14-6-4-3-5-7-14/h3-10H,1-2H3/b16-10-. The molecule has 0 spiro atoms. The zero-order chi connectivity index (χ0) is 16.4. The fourth-order valence-electron chi connectivity index (χ4n) is 2.50. The van der Waals surface area contributed by atoms with Gasteiger partial charge in [0.15, 0.2) is 0 Å². The fraction of sp³-hybridized carbons (Fsp3) is 0.105. The van der Waals surface area contributed by atoms with Crippen LogP contribution in [0.25, 0.3) is 17.4 Å². The summed E-state index contributed by atoms with van der Waals surface area (Å²) in [5.74, 6) is 0.929. The summed E-state index contributed by atoms with van der Waals surface area (Å²) in [5.41, 5.74) is 2.87. The number of furan rings is 1. The lowest BCUT2D eigenvalue weighted by Gasteiger charge is -2.12. The Morgan fingerprint density at radius 3 is 2.57 bits per heavy atom. The lowest BCUT2D eigenvalue weighted by Crippen LogP contribution is -2.14. The molecular weight excluding hydrogens is 288 g/mol. The molecule has 0 radical (unpaired) electrons. The van der Waals surface area contributed by atoms with Gasteiger partial charge in [0.1, 0.15) is 17.6 Å². The predicted octanol–water partition coefficient (Wildman–Crippen LogP) is 4.17. The number of aliphatic imine (C=N–C) groups is 1. The third-order valence-corrected chi connectivity index (χ3v) is 3.72. The molecule has 0 bridgehead atoms. The summed E-state index contributed by atoms with van der Waals surface area (Å²) in [7, 11) is 0. The van der Waals surface area contributed by atoms with Crippen LogP contribution in [0.5, 0.6) is 0 Å². The number of allylic oxidation sites excluding steroid dienone is 1. The normalized spacial score (nSPS) is 16.5. The van der Waals surface area contributed by atoms with E-state index in [1.807, 2.05) is 36.4 Å². The number of amides is 1. The van der Waals surface area contributed by atoms with Crippen molar-refractivity contribution in [2.45, 2.75) is 13.8 Å². The maximum absolute atomic E-state index is 12.1. The highest BCUT2D eigenvalue weighted by atomic mass is 16.3. The zero-order valence-electron chi connectivity index (χ0n) is 12.8. The third-order valence-electron chi connectivity index (χ3n) is 3.72. The number of nitriles is 1. The molecule has 2 aromatic rings. The Balaban J connectivity index is 2.00. The Morgan fingerprint density at radius 2 is 1.87 bits per heavy atom. The van der Waals surface area contributed by atoms with Crippen molar-refractivity contribution in [1.82, 2.24) is 0 Å². The number of nitrogens with zero attached hydrogens (tertiary/aromatic N) is 2. The van der Waals surface area contributed by atoms with Crippen molar-refractivity contribution in [3.63, 3.8) is 0 Å². The van der Waals surface area contributed by atoms with Gasteiger partial charge in [0.2, 0.25) is 0 Å². The molecule has 2 heterocycles. The first-order valence-electron chi connectivity index (χ1n) is 7.18.